The monoisotopic (exact) mass is 536 g/mol. The summed E-state index contributed by atoms with van der Waals surface area (Å²) < 4.78 is 14.7. The average Bonchev–Trinajstić information content (AvgIpc) is 2.95. The van der Waals surface area contributed by atoms with Crippen molar-refractivity contribution in [3.8, 4) is 0 Å². The Balaban J connectivity index is 1.33. The van der Waals surface area contributed by atoms with Crippen molar-refractivity contribution in [2.24, 2.45) is 5.73 Å². The highest BCUT2D eigenvalue weighted by molar-refractivity contribution is 5.95. The van der Waals surface area contributed by atoms with Gasteiger partial charge in [-0.2, -0.15) is 5.10 Å². The zero-order valence-corrected chi connectivity index (χ0v) is 21.7. The Bertz CT molecular complexity index is 1400. The first-order valence-electron chi connectivity index (χ1n) is 13.2. The third-order valence-electron chi connectivity index (χ3n) is 6.82. The van der Waals surface area contributed by atoms with Crippen LogP contribution in [0.3, 0.4) is 0 Å². The van der Waals surface area contributed by atoms with E-state index in [0.717, 1.165) is 0 Å². The Labute approximate surface area is 225 Å². The van der Waals surface area contributed by atoms with E-state index in [2.05, 4.69) is 15.5 Å². The van der Waals surface area contributed by atoms with Crippen LogP contribution in [0, 0.1) is 5.82 Å². The summed E-state index contributed by atoms with van der Waals surface area (Å²) in [6, 6.07) is 11.5. The Hall–Kier alpha value is -4.12. The van der Waals surface area contributed by atoms with Crippen LogP contribution in [0.1, 0.15) is 47.3 Å². The second-order valence-corrected chi connectivity index (χ2v) is 9.55. The van der Waals surface area contributed by atoms with E-state index in [0.29, 0.717) is 80.6 Å². The van der Waals surface area contributed by atoms with Gasteiger partial charge in [0.15, 0.2) is 0 Å². The minimum absolute atomic E-state index is 0.0401. The first-order valence-corrected chi connectivity index (χ1v) is 13.2. The predicted octanol–water partition coefficient (Wildman–Crippen LogP) is 1.57. The van der Waals surface area contributed by atoms with Crippen LogP contribution in [0.25, 0.3) is 10.8 Å². The number of aromatic nitrogens is 2. The molecule has 1 aliphatic rings. The molecule has 4 rings (SSSR count). The Morgan fingerprint density at radius 2 is 1.69 bits per heavy atom. The molecule has 11 heteroatoms. The van der Waals surface area contributed by atoms with Gasteiger partial charge in [0.1, 0.15) is 5.82 Å². The molecule has 0 aliphatic carbocycles. The second-order valence-electron chi connectivity index (χ2n) is 9.55. The number of aromatic amines is 1. The average molecular weight is 537 g/mol. The van der Waals surface area contributed by atoms with Crippen LogP contribution in [0.15, 0.2) is 47.3 Å². The zero-order valence-electron chi connectivity index (χ0n) is 21.7. The zero-order chi connectivity index (χ0) is 27.8. The Kier molecular flexibility index (Phi) is 9.37. The van der Waals surface area contributed by atoms with E-state index in [4.69, 9.17) is 5.73 Å². The summed E-state index contributed by atoms with van der Waals surface area (Å²) in [6.45, 7) is 2.32. The van der Waals surface area contributed by atoms with E-state index >= 15 is 0 Å². The molecule has 39 heavy (non-hydrogen) atoms. The second kappa shape index (κ2) is 13.1. The van der Waals surface area contributed by atoms with Crippen LogP contribution >= 0.6 is 0 Å². The lowest BCUT2D eigenvalue weighted by Crippen LogP contribution is -2.50. The molecular weight excluding hydrogens is 503 g/mol. The fourth-order valence-corrected chi connectivity index (χ4v) is 4.65. The van der Waals surface area contributed by atoms with Gasteiger partial charge >= 0.3 is 0 Å². The number of carbonyl (C=O) groups excluding carboxylic acids is 3. The molecule has 1 saturated heterocycles. The molecule has 2 aromatic carbocycles. The smallest absolute Gasteiger partial charge is 0.272 e. The molecule has 10 nitrogen and oxygen atoms in total. The lowest BCUT2D eigenvalue weighted by Gasteiger charge is -2.35. The van der Waals surface area contributed by atoms with Gasteiger partial charge in [-0.05, 0) is 43.1 Å². The van der Waals surface area contributed by atoms with Crippen molar-refractivity contribution < 1.29 is 18.8 Å². The summed E-state index contributed by atoms with van der Waals surface area (Å²) in [6.07, 6.45) is 2.00. The number of piperazine rings is 1. The van der Waals surface area contributed by atoms with Crippen molar-refractivity contribution in [3.05, 3.63) is 75.5 Å². The first-order chi connectivity index (χ1) is 18.9. The number of hydrogen-bond acceptors (Lipinski definition) is 6. The molecule has 4 N–H and O–H groups in total. The number of H-pyrrole nitrogens is 1. The molecule has 0 radical (unpaired) electrons. The van der Waals surface area contributed by atoms with E-state index < -0.39 is 11.7 Å². The van der Waals surface area contributed by atoms with Crippen LogP contribution in [-0.4, -0.2) is 77.0 Å². The molecular formula is C28H33FN6O4. The van der Waals surface area contributed by atoms with Crippen LogP contribution in [0.5, 0.6) is 0 Å². The molecule has 0 spiro atoms. The van der Waals surface area contributed by atoms with Gasteiger partial charge in [-0.1, -0.05) is 24.3 Å². The minimum Gasteiger partial charge on any atom is -0.356 e. The maximum atomic E-state index is 14.7. The highest BCUT2D eigenvalue weighted by Gasteiger charge is 2.26. The number of amides is 3. The van der Waals surface area contributed by atoms with Crippen molar-refractivity contribution in [2.75, 3.05) is 39.3 Å². The van der Waals surface area contributed by atoms with Gasteiger partial charge in [0.2, 0.25) is 11.8 Å². The molecule has 0 saturated carbocycles. The van der Waals surface area contributed by atoms with Crippen molar-refractivity contribution in [1.82, 2.24) is 25.3 Å². The van der Waals surface area contributed by atoms with Gasteiger partial charge in [-0.15, -0.1) is 0 Å². The van der Waals surface area contributed by atoms with Crippen molar-refractivity contribution in [2.45, 2.75) is 32.1 Å². The topological polar surface area (TPSA) is 141 Å². The van der Waals surface area contributed by atoms with E-state index in [1.165, 1.54) is 12.1 Å². The van der Waals surface area contributed by atoms with Gasteiger partial charge in [-0.25, -0.2) is 9.49 Å². The maximum absolute atomic E-state index is 14.7. The van der Waals surface area contributed by atoms with E-state index in [1.54, 1.807) is 28.0 Å². The van der Waals surface area contributed by atoms with E-state index in [-0.39, 0.29) is 35.8 Å². The molecule has 0 atom stereocenters. The SMILES string of the molecule is NCCCNC(=O)CCCC(=O)N1CCN(C(=O)c2cc(Cc3n[nH]c(=O)c4ccccc34)ccc2F)CC1. The Morgan fingerprint density at radius 1 is 0.974 bits per heavy atom. The van der Waals surface area contributed by atoms with Crippen LogP contribution in [0.2, 0.25) is 0 Å². The predicted molar refractivity (Wildman–Crippen MR) is 145 cm³/mol. The lowest BCUT2D eigenvalue weighted by atomic mass is 10.0. The quantitative estimate of drug-likeness (QED) is 0.336. The fraction of sp³-hybridized carbons (Fsp3) is 0.393. The lowest BCUT2D eigenvalue weighted by molar-refractivity contribution is -0.132. The molecule has 1 aromatic heterocycles. The minimum atomic E-state index is -0.619. The van der Waals surface area contributed by atoms with Gasteiger partial charge in [0, 0.05) is 57.4 Å². The summed E-state index contributed by atoms with van der Waals surface area (Å²) in [5.74, 6) is -1.22. The highest BCUT2D eigenvalue weighted by Crippen LogP contribution is 2.20. The number of hydrogen-bond donors (Lipinski definition) is 3. The number of benzene rings is 2. The number of nitrogens with zero attached hydrogens (tertiary/aromatic N) is 3. The highest BCUT2D eigenvalue weighted by atomic mass is 19.1. The molecule has 0 unspecified atom stereocenters. The van der Waals surface area contributed by atoms with Crippen LogP contribution in [-0.2, 0) is 16.0 Å². The summed E-state index contributed by atoms with van der Waals surface area (Å²) >= 11 is 0. The molecule has 3 aromatic rings. The fourth-order valence-electron chi connectivity index (χ4n) is 4.65. The standard InChI is InChI=1S/C28H33FN6O4/c29-23-10-9-19(18-24-20-5-1-2-6-21(20)27(38)33-32-24)17-22(23)28(39)35-15-13-34(14-16-35)26(37)8-3-7-25(36)31-12-4-11-30/h1-2,5-6,9-10,17H,3-4,7-8,11-16,18,30H2,(H,31,36)(H,33,38). The molecule has 1 aliphatic heterocycles. The molecule has 206 valence electrons. The number of halogens is 1. The van der Waals surface area contributed by atoms with Crippen LogP contribution < -0.4 is 16.6 Å². The largest absolute Gasteiger partial charge is 0.356 e. The van der Waals surface area contributed by atoms with Gasteiger partial charge in [0.25, 0.3) is 11.5 Å². The van der Waals surface area contributed by atoms with Gasteiger partial charge < -0.3 is 20.9 Å². The van der Waals surface area contributed by atoms with Crippen molar-refractivity contribution in [3.63, 3.8) is 0 Å². The summed E-state index contributed by atoms with van der Waals surface area (Å²) in [5, 5.41) is 10.6. The number of rotatable bonds is 10. The number of nitrogens with one attached hydrogen (secondary N) is 2. The molecule has 2 heterocycles. The third-order valence-corrected chi connectivity index (χ3v) is 6.82. The number of fused-ring (bicyclic) bond motifs is 1. The number of nitrogens with two attached hydrogens (primary N) is 1. The van der Waals surface area contributed by atoms with E-state index in [1.807, 2.05) is 12.1 Å². The maximum Gasteiger partial charge on any atom is 0.272 e. The summed E-state index contributed by atoms with van der Waals surface area (Å²) in [7, 11) is 0. The molecule has 1 fully saturated rings. The Morgan fingerprint density at radius 3 is 2.44 bits per heavy atom. The molecule has 0 bridgehead atoms. The normalized spacial score (nSPS) is 13.5. The third kappa shape index (κ3) is 7.05. The number of carbonyl (C=O) groups is 3. The van der Waals surface area contributed by atoms with Crippen molar-refractivity contribution >= 4 is 28.5 Å². The van der Waals surface area contributed by atoms with Gasteiger partial charge in [0.05, 0.1) is 16.6 Å². The van der Waals surface area contributed by atoms with Crippen LogP contribution in [0.4, 0.5) is 4.39 Å². The van der Waals surface area contributed by atoms with Crippen molar-refractivity contribution in [1.29, 1.82) is 0 Å². The summed E-state index contributed by atoms with van der Waals surface area (Å²) in [4.78, 5) is 52.8. The van der Waals surface area contributed by atoms with E-state index in [9.17, 15) is 23.6 Å². The first kappa shape index (κ1) is 27.9. The molecule has 3 amide bonds. The summed E-state index contributed by atoms with van der Waals surface area (Å²) in [5.41, 5.74) is 6.38. The van der Waals surface area contributed by atoms with Gasteiger partial charge in [-0.3, -0.25) is 19.2 Å².